The second-order valence-electron chi connectivity index (χ2n) is 2.38. The molecule has 10 heteroatoms. The highest BCUT2D eigenvalue weighted by Gasteiger charge is 2.32. The Bertz CT molecular complexity index is 246. The maximum Gasteiger partial charge on any atom is 0.482 e. The number of hydrogen-bond acceptors (Lipinski definition) is 5. The molecule has 0 aliphatic rings. The van der Waals surface area contributed by atoms with E-state index >= 15 is 0 Å². The first-order valence-electron chi connectivity index (χ1n) is 3.01. The van der Waals surface area contributed by atoms with Gasteiger partial charge in [-0.1, -0.05) is 0 Å². The van der Waals surface area contributed by atoms with Gasteiger partial charge in [-0.15, -0.1) is 0 Å². The third-order valence-electron chi connectivity index (χ3n) is 0.689. The van der Waals surface area contributed by atoms with E-state index in [2.05, 4.69) is 8.83 Å². The molecule has 80 valence electrons. The van der Waals surface area contributed by atoms with E-state index in [9.17, 15) is 9.13 Å². The van der Waals surface area contributed by atoms with Crippen molar-refractivity contribution in [2.24, 2.45) is 0 Å². The van der Waals surface area contributed by atoms with Crippen LogP contribution in [0.15, 0.2) is 0 Å². The largest absolute Gasteiger partial charge is 0.482 e. The van der Waals surface area contributed by atoms with Gasteiger partial charge in [-0.2, -0.15) is 4.31 Å². The van der Waals surface area contributed by atoms with Crippen molar-refractivity contribution in [2.45, 2.75) is 0 Å². The molecule has 1 atom stereocenters. The van der Waals surface area contributed by atoms with Gasteiger partial charge in [0.1, 0.15) is 6.73 Å². The van der Waals surface area contributed by atoms with Crippen LogP contribution >= 0.6 is 15.6 Å². The van der Waals surface area contributed by atoms with Gasteiger partial charge in [-0.05, 0) is 14.1 Å². The van der Waals surface area contributed by atoms with Crippen molar-refractivity contribution in [2.75, 3.05) is 20.8 Å². The van der Waals surface area contributed by atoms with E-state index in [1.54, 1.807) is 0 Å². The Balaban J connectivity index is 4.10. The first-order valence-corrected chi connectivity index (χ1v) is 6.04. The molecular weight excluding hydrogens is 224 g/mol. The Kier molecular flexibility index (Phi) is 4.71. The van der Waals surface area contributed by atoms with Gasteiger partial charge in [0.05, 0.1) is 0 Å². The van der Waals surface area contributed by atoms with Crippen molar-refractivity contribution in [1.82, 2.24) is 4.90 Å². The molecule has 8 nitrogen and oxygen atoms in total. The SMILES string of the molecule is CN(C)COP(=O)(O)OP(=O)(O)O. The molecule has 0 aromatic rings. The fraction of sp³-hybridized carbons (Fsp3) is 1.00. The average Bonchev–Trinajstić information content (AvgIpc) is 1.78. The van der Waals surface area contributed by atoms with E-state index in [-0.39, 0.29) is 6.73 Å². The van der Waals surface area contributed by atoms with Crippen molar-refractivity contribution < 1.29 is 32.6 Å². The van der Waals surface area contributed by atoms with Crippen LogP contribution < -0.4 is 0 Å². The Morgan fingerprint density at radius 2 is 1.69 bits per heavy atom. The first kappa shape index (κ1) is 13.2. The normalized spacial score (nSPS) is 17.4. The van der Waals surface area contributed by atoms with Crippen molar-refractivity contribution in [1.29, 1.82) is 0 Å². The quantitative estimate of drug-likeness (QED) is 0.440. The van der Waals surface area contributed by atoms with E-state index in [0.29, 0.717) is 0 Å². The first-order chi connectivity index (χ1) is 5.62. The predicted molar refractivity (Wildman–Crippen MR) is 42.6 cm³/mol. The molecule has 0 heterocycles. The zero-order valence-corrected chi connectivity index (χ0v) is 8.81. The van der Waals surface area contributed by atoms with Crippen molar-refractivity contribution in [3.05, 3.63) is 0 Å². The minimum Gasteiger partial charge on any atom is -0.302 e. The summed E-state index contributed by atoms with van der Waals surface area (Å²) >= 11 is 0. The maximum atomic E-state index is 10.7. The summed E-state index contributed by atoms with van der Waals surface area (Å²) < 4.78 is 28.6. The summed E-state index contributed by atoms with van der Waals surface area (Å²) in [5.41, 5.74) is 0. The molecule has 0 aliphatic heterocycles. The van der Waals surface area contributed by atoms with Crippen molar-refractivity contribution >= 4 is 15.6 Å². The standard InChI is InChI=1S/C3H11NO7P2/c1-4(2)3-10-13(8,9)11-12(5,6)7/h3H2,1-2H3,(H,8,9)(H2,5,6,7). The van der Waals surface area contributed by atoms with Crippen LogP contribution in [0.1, 0.15) is 0 Å². The summed E-state index contributed by atoms with van der Waals surface area (Å²) in [5.74, 6) is 0. The lowest BCUT2D eigenvalue weighted by molar-refractivity contribution is 0.121. The Hall–Kier alpha value is 0.220. The summed E-state index contributed by atoms with van der Waals surface area (Å²) in [6, 6.07) is 0. The molecule has 0 spiro atoms. The highest BCUT2D eigenvalue weighted by Crippen LogP contribution is 2.57. The molecule has 0 aromatic heterocycles. The topological polar surface area (TPSA) is 117 Å². The zero-order valence-electron chi connectivity index (χ0n) is 7.02. The molecule has 0 rings (SSSR count). The van der Waals surface area contributed by atoms with E-state index in [1.165, 1.54) is 19.0 Å². The number of rotatable bonds is 5. The number of phosphoric ester groups is 1. The van der Waals surface area contributed by atoms with E-state index in [4.69, 9.17) is 14.7 Å². The van der Waals surface area contributed by atoms with Crippen LogP contribution in [-0.4, -0.2) is 40.4 Å². The summed E-state index contributed by atoms with van der Waals surface area (Å²) in [7, 11) is -6.60. The van der Waals surface area contributed by atoms with Crippen molar-refractivity contribution in [3.8, 4) is 0 Å². The Labute approximate surface area is 74.9 Å². The van der Waals surface area contributed by atoms with Gasteiger partial charge in [0, 0.05) is 0 Å². The van der Waals surface area contributed by atoms with Gasteiger partial charge in [-0.25, -0.2) is 9.13 Å². The molecule has 3 N–H and O–H groups in total. The van der Waals surface area contributed by atoms with Crippen LogP contribution in [0.5, 0.6) is 0 Å². The number of nitrogens with zero attached hydrogens (tertiary/aromatic N) is 1. The molecule has 0 saturated heterocycles. The molecule has 0 amide bonds. The summed E-state index contributed by atoms with van der Waals surface area (Å²) in [5, 5.41) is 0. The zero-order chi connectivity index (χ0) is 10.7. The molecule has 0 saturated carbocycles. The van der Waals surface area contributed by atoms with Gasteiger partial charge in [-0.3, -0.25) is 9.42 Å². The fourth-order valence-electron chi connectivity index (χ4n) is 0.346. The lowest BCUT2D eigenvalue weighted by atomic mass is 11.0. The second kappa shape index (κ2) is 4.63. The summed E-state index contributed by atoms with van der Waals surface area (Å²) in [6.45, 7) is -0.284. The third kappa shape index (κ3) is 8.55. The molecule has 0 bridgehead atoms. The van der Waals surface area contributed by atoms with E-state index in [1.807, 2.05) is 0 Å². The van der Waals surface area contributed by atoms with E-state index < -0.39 is 15.6 Å². The average molecular weight is 235 g/mol. The van der Waals surface area contributed by atoms with Gasteiger partial charge >= 0.3 is 15.6 Å². The second-order valence-corrected chi connectivity index (χ2v) is 5.21. The van der Waals surface area contributed by atoms with Crippen LogP contribution in [0, 0.1) is 0 Å². The minimum absolute atomic E-state index is 0.284. The fourth-order valence-corrected chi connectivity index (χ4v) is 1.99. The van der Waals surface area contributed by atoms with Crippen LogP contribution in [-0.2, 0) is 18.0 Å². The molecule has 0 fully saturated rings. The van der Waals surface area contributed by atoms with Gasteiger partial charge < -0.3 is 14.7 Å². The molecule has 1 unspecified atom stereocenters. The van der Waals surface area contributed by atoms with Gasteiger partial charge in [0.25, 0.3) is 0 Å². The molecular formula is C3H11NO7P2. The van der Waals surface area contributed by atoms with Crippen molar-refractivity contribution in [3.63, 3.8) is 0 Å². The summed E-state index contributed by atoms with van der Waals surface area (Å²) in [4.78, 5) is 26.4. The Morgan fingerprint density at radius 1 is 1.23 bits per heavy atom. The summed E-state index contributed by atoms with van der Waals surface area (Å²) in [6.07, 6.45) is 0. The van der Waals surface area contributed by atoms with Crippen LogP contribution in [0.2, 0.25) is 0 Å². The minimum atomic E-state index is -5.00. The maximum absolute atomic E-state index is 10.7. The third-order valence-corrected chi connectivity index (χ3v) is 2.81. The molecule has 0 radical (unpaired) electrons. The van der Waals surface area contributed by atoms with Gasteiger partial charge in [0.15, 0.2) is 0 Å². The van der Waals surface area contributed by atoms with Crippen LogP contribution in [0.4, 0.5) is 0 Å². The molecule has 13 heavy (non-hydrogen) atoms. The van der Waals surface area contributed by atoms with E-state index in [0.717, 1.165) is 0 Å². The lowest BCUT2D eigenvalue weighted by Crippen LogP contribution is -2.15. The van der Waals surface area contributed by atoms with Gasteiger partial charge in [0.2, 0.25) is 0 Å². The lowest BCUT2D eigenvalue weighted by Gasteiger charge is -2.14. The number of hydrogen-bond donors (Lipinski definition) is 3. The van der Waals surface area contributed by atoms with Crippen LogP contribution in [0.25, 0.3) is 0 Å². The smallest absolute Gasteiger partial charge is 0.302 e. The van der Waals surface area contributed by atoms with Crippen LogP contribution in [0.3, 0.4) is 0 Å². The molecule has 0 aromatic carbocycles. The predicted octanol–water partition coefficient (Wildman–Crippen LogP) is -0.268. The molecule has 0 aliphatic carbocycles. The number of phosphoric acid groups is 2. The Morgan fingerprint density at radius 3 is 2.00 bits per heavy atom. The monoisotopic (exact) mass is 235 g/mol. The highest BCUT2D eigenvalue weighted by atomic mass is 31.3. The highest BCUT2D eigenvalue weighted by molar-refractivity contribution is 7.60.